The van der Waals surface area contributed by atoms with Gasteiger partial charge in [-0.1, -0.05) is 12.5 Å². The van der Waals surface area contributed by atoms with Gasteiger partial charge in [-0.2, -0.15) is 0 Å². The Kier molecular flexibility index (Phi) is 8.83. The molecule has 0 spiro atoms. The molecule has 2 amide bonds. The summed E-state index contributed by atoms with van der Waals surface area (Å²) in [4.78, 5) is 43.0. The van der Waals surface area contributed by atoms with Gasteiger partial charge in [-0.3, -0.25) is 19.5 Å². The fraction of sp³-hybridized carbons (Fsp3) is 0.500. The number of hydrogen-bond donors (Lipinski definition) is 1. The van der Waals surface area contributed by atoms with Crippen molar-refractivity contribution in [3.63, 3.8) is 0 Å². The van der Waals surface area contributed by atoms with Crippen molar-refractivity contribution in [1.82, 2.24) is 24.7 Å². The minimum absolute atomic E-state index is 0.00623. The molecule has 1 saturated carbocycles. The van der Waals surface area contributed by atoms with Gasteiger partial charge >= 0.3 is 0 Å². The van der Waals surface area contributed by atoms with Gasteiger partial charge in [0.05, 0.1) is 47.0 Å². The number of ether oxygens (including phenoxy) is 1. The maximum Gasteiger partial charge on any atom is 0.257 e. The lowest BCUT2D eigenvalue weighted by atomic mass is 9.83. The molecule has 0 radical (unpaired) electrons. The van der Waals surface area contributed by atoms with E-state index < -0.39 is 0 Å². The summed E-state index contributed by atoms with van der Waals surface area (Å²) in [6, 6.07) is 8.21. The third kappa shape index (κ3) is 6.50. The molecule has 42 heavy (non-hydrogen) atoms. The van der Waals surface area contributed by atoms with Gasteiger partial charge in [-0.25, -0.2) is 4.98 Å². The summed E-state index contributed by atoms with van der Waals surface area (Å²) in [7, 11) is 3.79. The Morgan fingerprint density at radius 3 is 2.48 bits per heavy atom. The average Bonchev–Trinajstić information content (AvgIpc) is 3.47. The number of benzene rings is 1. The molecular weight excluding hydrogens is 548 g/mol. The molecule has 4 heterocycles. The van der Waals surface area contributed by atoms with Crippen LogP contribution in [-0.2, 0) is 4.79 Å². The third-order valence-corrected chi connectivity index (χ3v) is 9.96. The minimum atomic E-state index is 0.00623. The van der Waals surface area contributed by atoms with Crippen molar-refractivity contribution in [2.75, 3.05) is 58.7 Å². The second-order valence-corrected chi connectivity index (χ2v) is 12.7. The molecule has 2 aromatic heterocycles. The zero-order valence-corrected chi connectivity index (χ0v) is 25.4. The topological polar surface area (TPSA) is 90.9 Å². The Hall–Kier alpha value is -3.34. The van der Waals surface area contributed by atoms with Gasteiger partial charge in [0.15, 0.2) is 0 Å². The molecule has 0 bridgehead atoms. The number of thiophene rings is 1. The van der Waals surface area contributed by atoms with Gasteiger partial charge < -0.3 is 19.9 Å². The summed E-state index contributed by atoms with van der Waals surface area (Å²) in [6.07, 6.45) is 9.99. The van der Waals surface area contributed by atoms with Crippen LogP contribution in [0.2, 0.25) is 0 Å². The molecule has 1 aliphatic carbocycles. The van der Waals surface area contributed by atoms with Crippen molar-refractivity contribution in [2.45, 2.75) is 44.6 Å². The smallest absolute Gasteiger partial charge is 0.257 e. The van der Waals surface area contributed by atoms with Crippen molar-refractivity contribution >= 4 is 28.8 Å². The van der Waals surface area contributed by atoms with Gasteiger partial charge in [0, 0.05) is 49.6 Å². The second kappa shape index (κ2) is 12.9. The van der Waals surface area contributed by atoms with Crippen molar-refractivity contribution < 1.29 is 14.3 Å². The quantitative estimate of drug-likeness (QED) is 0.402. The number of hydrogen-bond acceptors (Lipinski definition) is 8. The van der Waals surface area contributed by atoms with E-state index in [9.17, 15) is 9.59 Å². The number of likely N-dealkylation sites (tertiary alicyclic amines) is 1. The van der Waals surface area contributed by atoms with E-state index in [2.05, 4.69) is 27.1 Å². The maximum atomic E-state index is 13.5. The van der Waals surface area contributed by atoms with Gasteiger partial charge in [0.1, 0.15) is 5.75 Å². The molecule has 1 N–H and O–H groups in total. The molecule has 3 fully saturated rings. The van der Waals surface area contributed by atoms with Crippen LogP contribution in [0.25, 0.3) is 21.8 Å². The summed E-state index contributed by atoms with van der Waals surface area (Å²) in [6.45, 7) is 5.58. The van der Waals surface area contributed by atoms with Crippen LogP contribution in [0.4, 0.5) is 5.69 Å². The molecule has 6 rings (SSSR count). The van der Waals surface area contributed by atoms with E-state index in [-0.39, 0.29) is 11.8 Å². The molecule has 222 valence electrons. The summed E-state index contributed by atoms with van der Waals surface area (Å²) in [5.41, 5.74) is 3.62. The van der Waals surface area contributed by atoms with Crippen molar-refractivity contribution in [1.29, 1.82) is 0 Å². The number of rotatable bonds is 8. The molecule has 9 nitrogen and oxygen atoms in total. The number of piperazine rings is 1. The molecule has 1 aromatic carbocycles. The van der Waals surface area contributed by atoms with Crippen LogP contribution in [-0.4, -0.2) is 95.9 Å². The fourth-order valence-electron chi connectivity index (χ4n) is 6.18. The monoisotopic (exact) mass is 588 g/mol. The number of carbonyl (C=O) groups is 2. The minimum Gasteiger partial charge on any atom is -0.496 e. The Morgan fingerprint density at radius 2 is 1.76 bits per heavy atom. The third-order valence-electron chi connectivity index (χ3n) is 9.00. The van der Waals surface area contributed by atoms with E-state index in [0.29, 0.717) is 35.4 Å². The SMILES string of the molecule is COc1cc(-c2cncc(-c3cc(NC(=O)CC4CCC4)cs3)n2)ccc1C(=O)N1CCN(C2CCN(C)CC2)CC1. The van der Waals surface area contributed by atoms with Crippen LogP contribution < -0.4 is 10.1 Å². The van der Waals surface area contributed by atoms with E-state index in [1.807, 2.05) is 34.5 Å². The summed E-state index contributed by atoms with van der Waals surface area (Å²) < 4.78 is 5.69. The van der Waals surface area contributed by atoms with E-state index in [4.69, 9.17) is 9.72 Å². The standard InChI is InChI=1S/C32H40N6O3S/c1-36-10-8-25(9-11-36)37-12-14-38(15-13-37)32(40)26-7-6-23(17-29(26)41-2)27-19-33-20-28(35-27)30-18-24(21-42-30)34-31(39)16-22-4-3-5-22/h6-7,17-22,25H,3-5,8-16H2,1-2H3,(H,34,39). The average molecular weight is 589 g/mol. The van der Waals surface area contributed by atoms with E-state index in [1.165, 1.54) is 30.6 Å². The fourth-order valence-corrected chi connectivity index (χ4v) is 6.97. The molecule has 2 saturated heterocycles. The predicted molar refractivity (Wildman–Crippen MR) is 166 cm³/mol. The first-order valence-electron chi connectivity index (χ1n) is 15.1. The Balaban J connectivity index is 1.11. The number of nitrogens with zero attached hydrogens (tertiary/aromatic N) is 5. The van der Waals surface area contributed by atoms with Crippen LogP contribution in [0.15, 0.2) is 42.0 Å². The van der Waals surface area contributed by atoms with Crippen LogP contribution in [0.3, 0.4) is 0 Å². The van der Waals surface area contributed by atoms with Gasteiger partial charge in [0.2, 0.25) is 5.91 Å². The molecule has 10 heteroatoms. The van der Waals surface area contributed by atoms with Crippen LogP contribution >= 0.6 is 11.3 Å². The van der Waals surface area contributed by atoms with E-state index >= 15 is 0 Å². The zero-order valence-electron chi connectivity index (χ0n) is 24.6. The van der Waals surface area contributed by atoms with Gasteiger partial charge in [0.25, 0.3) is 5.91 Å². The highest BCUT2D eigenvalue weighted by Crippen LogP contribution is 2.33. The largest absolute Gasteiger partial charge is 0.496 e. The number of piperidine rings is 1. The summed E-state index contributed by atoms with van der Waals surface area (Å²) >= 11 is 1.53. The number of amides is 2. The number of aromatic nitrogens is 2. The van der Waals surface area contributed by atoms with Gasteiger partial charge in [-0.05, 0) is 69.9 Å². The van der Waals surface area contributed by atoms with E-state index in [0.717, 1.165) is 73.9 Å². The van der Waals surface area contributed by atoms with E-state index in [1.54, 1.807) is 19.5 Å². The van der Waals surface area contributed by atoms with Crippen LogP contribution in [0.1, 0.15) is 48.9 Å². The first-order chi connectivity index (χ1) is 20.5. The number of nitrogens with one attached hydrogen (secondary N) is 1. The highest BCUT2D eigenvalue weighted by atomic mass is 32.1. The molecule has 0 unspecified atom stereocenters. The number of methoxy groups -OCH3 is 1. The Bertz CT molecular complexity index is 1410. The van der Waals surface area contributed by atoms with Crippen molar-refractivity contribution in [3.8, 4) is 27.6 Å². The first kappa shape index (κ1) is 28.8. The van der Waals surface area contributed by atoms with Crippen molar-refractivity contribution in [3.05, 3.63) is 47.6 Å². The number of carbonyl (C=O) groups excluding carboxylic acids is 2. The lowest BCUT2D eigenvalue weighted by Crippen LogP contribution is -2.54. The molecule has 3 aliphatic rings. The normalized spacial score (nSPS) is 19.0. The number of anilines is 1. The van der Waals surface area contributed by atoms with Crippen LogP contribution in [0.5, 0.6) is 5.75 Å². The van der Waals surface area contributed by atoms with Gasteiger partial charge in [-0.15, -0.1) is 11.3 Å². The van der Waals surface area contributed by atoms with Crippen molar-refractivity contribution in [2.24, 2.45) is 5.92 Å². The lowest BCUT2D eigenvalue weighted by Gasteiger charge is -2.42. The summed E-state index contributed by atoms with van der Waals surface area (Å²) in [5.74, 6) is 1.15. The Labute approximate surface area is 251 Å². The first-order valence-corrected chi connectivity index (χ1v) is 16.0. The molecule has 0 atom stereocenters. The predicted octanol–water partition coefficient (Wildman–Crippen LogP) is 4.86. The highest BCUT2D eigenvalue weighted by Gasteiger charge is 2.29. The lowest BCUT2D eigenvalue weighted by molar-refractivity contribution is -0.117. The molecule has 3 aromatic rings. The summed E-state index contributed by atoms with van der Waals surface area (Å²) in [5, 5.41) is 4.97. The molecular formula is C32H40N6O3S. The zero-order chi connectivity index (χ0) is 29.1. The second-order valence-electron chi connectivity index (χ2n) is 11.8. The Morgan fingerprint density at radius 1 is 1.00 bits per heavy atom. The maximum absolute atomic E-state index is 13.5. The highest BCUT2D eigenvalue weighted by molar-refractivity contribution is 7.14. The molecule has 2 aliphatic heterocycles. The van der Waals surface area contributed by atoms with Crippen LogP contribution in [0, 0.1) is 5.92 Å².